The van der Waals surface area contributed by atoms with Crippen molar-refractivity contribution in [2.45, 2.75) is 19.1 Å². The predicted octanol–water partition coefficient (Wildman–Crippen LogP) is 3.68. The van der Waals surface area contributed by atoms with Crippen LogP contribution in [0.5, 0.6) is 0 Å². The average molecular weight is 476 g/mol. The maximum absolute atomic E-state index is 12.5. The molecule has 0 aliphatic carbocycles. The van der Waals surface area contributed by atoms with Crippen molar-refractivity contribution in [3.63, 3.8) is 0 Å². The van der Waals surface area contributed by atoms with Gasteiger partial charge in [0.25, 0.3) is 11.8 Å². The summed E-state index contributed by atoms with van der Waals surface area (Å²) >= 11 is 11.8. The summed E-state index contributed by atoms with van der Waals surface area (Å²) in [5.74, 6) is -1.67. The van der Waals surface area contributed by atoms with Gasteiger partial charge in [-0.25, -0.2) is 0 Å². The van der Waals surface area contributed by atoms with Crippen LogP contribution in [0.3, 0.4) is 0 Å². The second-order valence-corrected chi connectivity index (χ2v) is 7.20. The van der Waals surface area contributed by atoms with Crippen LogP contribution in [-0.2, 0) is 11.0 Å². The molecule has 2 aromatic rings. The largest absolute Gasteiger partial charge is 0.416 e. The Morgan fingerprint density at radius 1 is 0.935 bits per heavy atom. The first kappa shape index (κ1) is 24.5. The van der Waals surface area contributed by atoms with Crippen LogP contribution in [0.4, 0.5) is 13.2 Å². The van der Waals surface area contributed by atoms with E-state index in [0.29, 0.717) is 0 Å². The van der Waals surface area contributed by atoms with Crippen molar-refractivity contribution in [1.82, 2.24) is 16.0 Å². The molecule has 0 unspecified atom stereocenters. The molecule has 0 saturated carbocycles. The van der Waals surface area contributed by atoms with Gasteiger partial charge in [-0.1, -0.05) is 29.3 Å². The Labute approximate surface area is 186 Å². The molecule has 0 bridgehead atoms. The van der Waals surface area contributed by atoms with Gasteiger partial charge in [0.05, 0.1) is 21.2 Å². The fourth-order valence-corrected chi connectivity index (χ4v) is 2.83. The molecular formula is C20H18Cl2F3N3O3. The summed E-state index contributed by atoms with van der Waals surface area (Å²) < 4.78 is 37.6. The van der Waals surface area contributed by atoms with Gasteiger partial charge in [0.15, 0.2) is 0 Å². The molecule has 3 N–H and O–H groups in total. The van der Waals surface area contributed by atoms with Gasteiger partial charge in [-0.3, -0.25) is 14.4 Å². The highest BCUT2D eigenvalue weighted by molar-refractivity contribution is 6.43. The van der Waals surface area contributed by atoms with E-state index in [2.05, 4.69) is 16.0 Å². The van der Waals surface area contributed by atoms with Gasteiger partial charge in [0.1, 0.15) is 6.04 Å². The van der Waals surface area contributed by atoms with Crippen molar-refractivity contribution >= 4 is 40.9 Å². The molecule has 0 fully saturated rings. The molecule has 1 atom stereocenters. The van der Waals surface area contributed by atoms with Crippen LogP contribution in [0.15, 0.2) is 42.5 Å². The number of nitrogens with one attached hydrogen (secondary N) is 3. The molecular weight excluding hydrogens is 458 g/mol. The number of benzene rings is 2. The van der Waals surface area contributed by atoms with Crippen molar-refractivity contribution in [3.8, 4) is 0 Å². The van der Waals surface area contributed by atoms with E-state index in [1.54, 1.807) is 6.07 Å². The summed E-state index contributed by atoms with van der Waals surface area (Å²) in [6, 6.07) is 7.40. The Bertz CT molecular complexity index is 966. The highest BCUT2D eigenvalue weighted by Gasteiger charge is 2.30. The number of hydrogen-bond donors (Lipinski definition) is 3. The highest BCUT2D eigenvalue weighted by Crippen LogP contribution is 2.29. The molecule has 0 heterocycles. The number of amides is 3. The van der Waals surface area contributed by atoms with E-state index < -0.39 is 35.5 Å². The second kappa shape index (κ2) is 10.5. The van der Waals surface area contributed by atoms with E-state index in [0.717, 1.165) is 24.3 Å². The van der Waals surface area contributed by atoms with Crippen LogP contribution in [0.2, 0.25) is 10.0 Å². The van der Waals surface area contributed by atoms with E-state index in [1.807, 2.05) is 0 Å². The number of hydrogen-bond acceptors (Lipinski definition) is 3. The zero-order valence-corrected chi connectivity index (χ0v) is 17.7. The van der Waals surface area contributed by atoms with Gasteiger partial charge >= 0.3 is 6.18 Å². The van der Waals surface area contributed by atoms with E-state index >= 15 is 0 Å². The third-order valence-electron chi connectivity index (χ3n) is 4.12. The molecule has 31 heavy (non-hydrogen) atoms. The molecule has 2 rings (SSSR count). The van der Waals surface area contributed by atoms with E-state index in [9.17, 15) is 27.6 Å². The van der Waals surface area contributed by atoms with Crippen molar-refractivity contribution in [2.24, 2.45) is 0 Å². The van der Waals surface area contributed by atoms with Crippen LogP contribution in [-0.4, -0.2) is 36.9 Å². The van der Waals surface area contributed by atoms with E-state index in [4.69, 9.17) is 23.2 Å². The van der Waals surface area contributed by atoms with Crippen molar-refractivity contribution in [2.75, 3.05) is 13.1 Å². The molecule has 6 nitrogen and oxygen atoms in total. The average Bonchev–Trinajstić information content (AvgIpc) is 2.72. The number of halogens is 5. The fourth-order valence-electron chi connectivity index (χ4n) is 2.45. The Morgan fingerprint density at radius 3 is 2.16 bits per heavy atom. The van der Waals surface area contributed by atoms with Crippen LogP contribution in [0, 0.1) is 0 Å². The first-order valence-electron chi connectivity index (χ1n) is 8.98. The lowest BCUT2D eigenvalue weighted by atomic mass is 10.1. The second-order valence-electron chi connectivity index (χ2n) is 6.42. The van der Waals surface area contributed by atoms with Crippen molar-refractivity contribution < 1.29 is 27.6 Å². The Balaban J connectivity index is 1.77. The van der Waals surface area contributed by atoms with Crippen LogP contribution in [0.1, 0.15) is 33.2 Å². The summed E-state index contributed by atoms with van der Waals surface area (Å²) in [5, 5.41) is 7.76. The third kappa shape index (κ3) is 6.86. The molecule has 0 aliphatic rings. The summed E-state index contributed by atoms with van der Waals surface area (Å²) in [5.41, 5.74) is -0.678. The number of carbonyl (C=O) groups is 3. The minimum absolute atomic E-state index is 0.0341. The first-order valence-corrected chi connectivity index (χ1v) is 9.74. The molecule has 0 spiro atoms. The summed E-state index contributed by atoms with van der Waals surface area (Å²) in [6.45, 7) is 1.54. The Morgan fingerprint density at radius 2 is 1.55 bits per heavy atom. The summed E-state index contributed by atoms with van der Waals surface area (Å²) in [7, 11) is 0. The highest BCUT2D eigenvalue weighted by atomic mass is 35.5. The van der Waals surface area contributed by atoms with E-state index in [-0.39, 0.29) is 34.3 Å². The smallest absolute Gasteiger partial charge is 0.353 e. The Hall–Kier alpha value is -2.78. The quantitative estimate of drug-likeness (QED) is 0.533. The van der Waals surface area contributed by atoms with Crippen LogP contribution >= 0.6 is 23.2 Å². The van der Waals surface area contributed by atoms with Crippen molar-refractivity contribution in [3.05, 3.63) is 69.2 Å². The first-order chi connectivity index (χ1) is 14.5. The van der Waals surface area contributed by atoms with Gasteiger partial charge in [-0.15, -0.1) is 0 Å². The topological polar surface area (TPSA) is 87.3 Å². The fraction of sp³-hybridized carbons (Fsp3) is 0.250. The zero-order chi connectivity index (χ0) is 23.2. The molecule has 2 aromatic carbocycles. The zero-order valence-electron chi connectivity index (χ0n) is 16.1. The van der Waals surface area contributed by atoms with Crippen LogP contribution < -0.4 is 16.0 Å². The maximum atomic E-state index is 12.5. The monoisotopic (exact) mass is 475 g/mol. The standard InChI is InChI=1S/C20H18Cl2F3N3O3/c1-11(28-19(31)14-3-2-4-15(21)16(14)22)17(29)26-9-10-27-18(30)12-5-7-13(8-6-12)20(23,24)25/h2-8,11H,9-10H2,1H3,(H,26,29)(H,27,30)(H,28,31)/t11-/m1/s1. The maximum Gasteiger partial charge on any atom is 0.416 e. The van der Waals surface area contributed by atoms with E-state index in [1.165, 1.54) is 19.1 Å². The minimum Gasteiger partial charge on any atom is -0.353 e. The van der Waals surface area contributed by atoms with Gasteiger partial charge in [0.2, 0.25) is 5.91 Å². The number of rotatable bonds is 7. The van der Waals surface area contributed by atoms with Gasteiger partial charge in [-0.05, 0) is 43.3 Å². The SMILES string of the molecule is C[C@@H](NC(=O)c1cccc(Cl)c1Cl)C(=O)NCCNC(=O)c1ccc(C(F)(F)F)cc1. The lowest BCUT2D eigenvalue weighted by Crippen LogP contribution is -2.46. The molecule has 0 radical (unpaired) electrons. The lowest BCUT2D eigenvalue weighted by molar-refractivity contribution is -0.137. The van der Waals surface area contributed by atoms with Gasteiger partial charge in [0, 0.05) is 18.7 Å². The van der Waals surface area contributed by atoms with Gasteiger partial charge in [-0.2, -0.15) is 13.2 Å². The third-order valence-corrected chi connectivity index (χ3v) is 4.94. The summed E-state index contributed by atoms with van der Waals surface area (Å²) in [4.78, 5) is 36.3. The Kier molecular flexibility index (Phi) is 8.29. The molecule has 3 amide bonds. The van der Waals surface area contributed by atoms with Crippen LogP contribution in [0.25, 0.3) is 0 Å². The molecule has 0 aliphatic heterocycles. The predicted molar refractivity (Wildman–Crippen MR) is 110 cm³/mol. The number of carbonyl (C=O) groups excluding carboxylic acids is 3. The normalized spacial score (nSPS) is 12.1. The lowest BCUT2D eigenvalue weighted by Gasteiger charge is -2.15. The molecule has 0 aromatic heterocycles. The van der Waals surface area contributed by atoms with Crippen molar-refractivity contribution in [1.29, 1.82) is 0 Å². The number of alkyl halides is 3. The van der Waals surface area contributed by atoms with Gasteiger partial charge < -0.3 is 16.0 Å². The molecule has 0 saturated heterocycles. The summed E-state index contributed by atoms with van der Waals surface area (Å²) in [6.07, 6.45) is -4.48. The molecule has 11 heteroatoms. The molecule has 166 valence electrons. The minimum atomic E-state index is -4.48.